The molecule has 1 unspecified atom stereocenters. The van der Waals surface area contributed by atoms with E-state index in [-0.39, 0.29) is 5.91 Å². The quantitative estimate of drug-likeness (QED) is 0.722. The van der Waals surface area contributed by atoms with Crippen LogP contribution in [0, 0.1) is 6.92 Å². The predicted molar refractivity (Wildman–Crippen MR) is 87.4 cm³/mol. The van der Waals surface area contributed by atoms with E-state index in [0.717, 1.165) is 24.2 Å². The van der Waals surface area contributed by atoms with Crippen LogP contribution in [0.3, 0.4) is 0 Å². The number of nitrogens with zero attached hydrogens (tertiary/aromatic N) is 1. The molecule has 5 heteroatoms. The molecule has 0 saturated heterocycles. The summed E-state index contributed by atoms with van der Waals surface area (Å²) in [5.41, 5.74) is 8.21. The highest BCUT2D eigenvalue weighted by Crippen LogP contribution is 2.17. The standard InChI is InChI=1S/C16H27N3O2/c1-12-10-14(17)7-8-15(12)18-16(20)6-5-9-19(3)13(2)11-21-4/h7-8,10,13H,5-6,9,11,17H2,1-4H3,(H,18,20). The molecule has 1 aromatic rings. The van der Waals surface area contributed by atoms with Gasteiger partial charge in [0.25, 0.3) is 0 Å². The van der Waals surface area contributed by atoms with E-state index in [9.17, 15) is 4.79 Å². The number of aryl methyl sites for hydroxylation is 1. The summed E-state index contributed by atoms with van der Waals surface area (Å²) >= 11 is 0. The number of benzene rings is 1. The van der Waals surface area contributed by atoms with Crippen molar-refractivity contribution in [2.75, 3.05) is 38.4 Å². The molecule has 0 aliphatic heterocycles. The third-order valence-corrected chi connectivity index (χ3v) is 3.60. The number of methoxy groups -OCH3 is 1. The molecule has 0 aliphatic rings. The van der Waals surface area contributed by atoms with Crippen LogP contribution in [0.5, 0.6) is 0 Å². The number of nitrogen functional groups attached to an aromatic ring is 1. The Morgan fingerprint density at radius 3 is 2.81 bits per heavy atom. The molecule has 1 amide bonds. The summed E-state index contributed by atoms with van der Waals surface area (Å²) in [7, 11) is 3.75. The van der Waals surface area contributed by atoms with Crippen LogP contribution in [0.1, 0.15) is 25.3 Å². The van der Waals surface area contributed by atoms with E-state index >= 15 is 0 Å². The molecule has 1 atom stereocenters. The van der Waals surface area contributed by atoms with Crippen LogP contribution in [0.2, 0.25) is 0 Å². The Kier molecular flexibility index (Phi) is 7.19. The summed E-state index contributed by atoms with van der Waals surface area (Å²) in [6.45, 7) is 5.62. The fourth-order valence-electron chi connectivity index (χ4n) is 2.12. The van der Waals surface area contributed by atoms with E-state index < -0.39 is 0 Å². The van der Waals surface area contributed by atoms with Crippen molar-refractivity contribution < 1.29 is 9.53 Å². The molecular weight excluding hydrogens is 266 g/mol. The lowest BCUT2D eigenvalue weighted by Gasteiger charge is -2.23. The Bertz CT molecular complexity index is 463. The molecular formula is C16H27N3O2. The highest BCUT2D eigenvalue weighted by Gasteiger charge is 2.10. The fourth-order valence-corrected chi connectivity index (χ4v) is 2.12. The molecule has 1 rings (SSSR count). The monoisotopic (exact) mass is 293 g/mol. The number of nitrogens with two attached hydrogens (primary N) is 1. The first kappa shape index (κ1) is 17.5. The summed E-state index contributed by atoms with van der Waals surface area (Å²) in [4.78, 5) is 14.1. The van der Waals surface area contributed by atoms with Gasteiger partial charge >= 0.3 is 0 Å². The average molecular weight is 293 g/mol. The highest BCUT2D eigenvalue weighted by atomic mass is 16.5. The number of carbonyl (C=O) groups excluding carboxylic acids is 1. The maximum absolute atomic E-state index is 11.9. The first-order valence-electron chi connectivity index (χ1n) is 7.29. The van der Waals surface area contributed by atoms with Crippen molar-refractivity contribution in [2.45, 2.75) is 32.7 Å². The van der Waals surface area contributed by atoms with Crippen LogP contribution >= 0.6 is 0 Å². The number of rotatable bonds is 8. The third-order valence-electron chi connectivity index (χ3n) is 3.60. The molecule has 0 aromatic heterocycles. The van der Waals surface area contributed by atoms with E-state index in [1.165, 1.54) is 0 Å². The molecule has 21 heavy (non-hydrogen) atoms. The molecule has 0 aliphatic carbocycles. The predicted octanol–water partition coefficient (Wildman–Crippen LogP) is 2.26. The zero-order valence-corrected chi connectivity index (χ0v) is 13.5. The average Bonchev–Trinajstić information content (AvgIpc) is 2.42. The second-order valence-corrected chi connectivity index (χ2v) is 5.51. The van der Waals surface area contributed by atoms with E-state index in [1.54, 1.807) is 13.2 Å². The topological polar surface area (TPSA) is 67.6 Å². The van der Waals surface area contributed by atoms with Crippen molar-refractivity contribution in [1.82, 2.24) is 4.90 Å². The van der Waals surface area contributed by atoms with Gasteiger partial charge in [0, 0.05) is 30.9 Å². The number of carbonyl (C=O) groups is 1. The maximum Gasteiger partial charge on any atom is 0.224 e. The molecule has 1 aromatic carbocycles. The summed E-state index contributed by atoms with van der Waals surface area (Å²) < 4.78 is 5.12. The van der Waals surface area contributed by atoms with Crippen LogP contribution in [0.25, 0.3) is 0 Å². The van der Waals surface area contributed by atoms with Crippen molar-refractivity contribution in [3.05, 3.63) is 23.8 Å². The van der Waals surface area contributed by atoms with Crippen molar-refractivity contribution >= 4 is 17.3 Å². The Morgan fingerprint density at radius 1 is 1.48 bits per heavy atom. The van der Waals surface area contributed by atoms with E-state index in [2.05, 4.69) is 17.1 Å². The molecule has 0 bridgehead atoms. The number of hydrogen-bond donors (Lipinski definition) is 2. The van der Waals surface area contributed by atoms with Crippen molar-refractivity contribution in [1.29, 1.82) is 0 Å². The minimum absolute atomic E-state index is 0.0377. The summed E-state index contributed by atoms with van der Waals surface area (Å²) in [6.07, 6.45) is 1.33. The van der Waals surface area contributed by atoms with Crippen molar-refractivity contribution in [3.8, 4) is 0 Å². The normalized spacial score (nSPS) is 12.4. The van der Waals surface area contributed by atoms with Gasteiger partial charge < -0.3 is 20.7 Å². The first-order valence-corrected chi connectivity index (χ1v) is 7.29. The molecule has 5 nitrogen and oxygen atoms in total. The van der Waals surface area contributed by atoms with Gasteiger partial charge in [0.2, 0.25) is 5.91 Å². The zero-order chi connectivity index (χ0) is 15.8. The van der Waals surface area contributed by atoms with Gasteiger partial charge in [0.15, 0.2) is 0 Å². The Morgan fingerprint density at radius 2 is 2.19 bits per heavy atom. The number of likely N-dealkylation sites (N-methyl/N-ethyl adjacent to an activating group) is 1. The van der Waals surface area contributed by atoms with Gasteiger partial charge in [-0.3, -0.25) is 4.79 Å². The minimum Gasteiger partial charge on any atom is -0.399 e. The zero-order valence-electron chi connectivity index (χ0n) is 13.5. The van der Waals surface area contributed by atoms with Gasteiger partial charge in [-0.2, -0.15) is 0 Å². The fraction of sp³-hybridized carbons (Fsp3) is 0.562. The Labute approximate surface area is 127 Å². The van der Waals surface area contributed by atoms with Crippen LogP contribution in [0.4, 0.5) is 11.4 Å². The van der Waals surface area contributed by atoms with Gasteiger partial charge in [-0.05, 0) is 57.6 Å². The van der Waals surface area contributed by atoms with E-state index in [0.29, 0.717) is 24.8 Å². The number of hydrogen-bond acceptors (Lipinski definition) is 4. The summed E-state index contributed by atoms with van der Waals surface area (Å²) in [5.74, 6) is 0.0377. The van der Waals surface area contributed by atoms with Crippen molar-refractivity contribution in [3.63, 3.8) is 0 Å². The minimum atomic E-state index is 0.0377. The van der Waals surface area contributed by atoms with Crippen LogP contribution in [0.15, 0.2) is 18.2 Å². The van der Waals surface area contributed by atoms with E-state index in [1.807, 2.05) is 26.1 Å². The lowest BCUT2D eigenvalue weighted by atomic mass is 10.1. The summed E-state index contributed by atoms with van der Waals surface area (Å²) in [6, 6.07) is 5.85. The molecule has 118 valence electrons. The van der Waals surface area contributed by atoms with Crippen LogP contribution < -0.4 is 11.1 Å². The van der Waals surface area contributed by atoms with Gasteiger partial charge in [-0.25, -0.2) is 0 Å². The first-order chi connectivity index (χ1) is 9.93. The molecule has 0 radical (unpaired) electrons. The largest absolute Gasteiger partial charge is 0.399 e. The lowest BCUT2D eigenvalue weighted by molar-refractivity contribution is -0.116. The molecule has 3 N–H and O–H groups in total. The SMILES string of the molecule is COCC(C)N(C)CCCC(=O)Nc1ccc(N)cc1C. The van der Waals surface area contributed by atoms with Gasteiger partial charge in [-0.15, -0.1) is 0 Å². The lowest BCUT2D eigenvalue weighted by Crippen LogP contribution is -2.33. The second kappa shape index (κ2) is 8.64. The molecule has 0 fully saturated rings. The number of nitrogens with one attached hydrogen (secondary N) is 1. The third kappa shape index (κ3) is 6.14. The van der Waals surface area contributed by atoms with Crippen LogP contribution in [-0.2, 0) is 9.53 Å². The Hall–Kier alpha value is -1.59. The van der Waals surface area contributed by atoms with Crippen molar-refractivity contribution in [2.24, 2.45) is 0 Å². The molecule has 0 heterocycles. The van der Waals surface area contributed by atoms with Gasteiger partial charge in [0.05, 0.1) is 6.61 Å². The van der Waals surface area contributed by atoms with Crippen LogP contribution in [-0.4, -0.2) is 44.2 Å². The smallest absolute Gasteiger partial charge is 0.224 e. The van der Waals surface area contributed by atoms with Gasteiger partial charge in [0.1, 0.15) is 0 Å². The number of ether oxygens (including phenoxy) is 1. The molecule has 0 spiro atoms. The number of anilines is 2. The van der Waals surface area contributed by atoms with E-state index in [4.69, 9.17) is 10.5 Å². The maximum atomic E-state index is 11.9. The summed E-state index contributed by atoms with van der Waals surface area (Å²) in [5, 5.41) is 2.93. The van der Waals surface area contributed by atoms with Gasteiger partial charge in [-0.1, -0.05) is 0 Å². The second-order valence-electron chi connectivity index (χ2n) is 5.51. The molecule has 0 saturated carbocycles. The Balaban J connectivity index is 2.34. The number of amides is 1. The highest BCUT2D eigenvalue weighted by molar-refractivity contribution is 5.91.